The van der Waals surface area contributed by atoms with Crippen LogP contribution in [0.3, 0.4) is 0 Å². The molecule has 0 fully saturated rings. The fourth-order valence-electron chi connectivity index (χ4n) is 3.03. The lowest BCUT2D eigenvalue weighted by atomic mass is 10.2. The van der Waals surface area contributed by atoms with Crippen LogP contribution in [0.5, 0.6) is 0 Å². The van der Waals surface area contributed by atoms with E-state index in [0.29, 0.717) is 24.4 Å². The molecule has 0 saturated heterocycles. The van der Waals surface area contributed by atoms with Crippen LogP contribution >= 0.6 is 0 Å². The summed E-state index contributed by atoms with van der Waals surface area (Å²) in [4.78, 5) is 16.2. The van der Waals surface area contributed by atoms with Crippen LogP contribution < -0.4 is 10.6 Å². The molecule has 0 atom stereocenters. The maximum absolute atomic E-state index is 11.5. The molecule has 1 amide bonds. The summed E-state index contributed by atoms with van der Waals surface area (Å²) in [6, 6.07) is 15.8. The third-order valence-electron chi connectivity index (χ3n) is 4.39. The van der Waals surface area contributed by atoms with E-state index in [2.05, 4.69) is 20.8 Å². The number of anilines is 2. The monoisotopic (exact) mass is 360 g/mol. The Morgan fingerprint density at radius 2 is 1.96 bits per heavy atom. The molecule has 27 heavy (non-hydrogen) atoms. The zero-order valence-corrected chi connectivity index (χ0v) is 15.2. The Morgan fingerprint density at radius 3 is 2.81 bits per heavy atom. The van der Waals surface area contributed by atoms with E-state index >= 15 is 0 Å². The molecular formula is C20H20N6O. The minimum atomic E-state index is 0.0326. The Balaban J connectivity index is 1.70. The van der Waals surface area contributed by atoms with E-state index in [1.165, 1.54) is 0 Å². The number of fused-ring (bicyclic) bond motifs is 3. The highest BCUT2D eigenvalue weighted by Gasteiger charge is 2.13. The Hall–Kier alpha value is -3.48. The van der Waals surface area contributed by atoms with Crippen LogP contribution in [0.2, 0.25) is 0 Å². The third-order valence-corrected chi connectivity index (χ3v) is 4.39. The molecule has 2 heterocycles. The molecule has 0 unspecified atom stereocenters. The van der Waals surface area contributed by atoms with Gasteiger partial charge in [-0.15, -0.1) is 10.2 Å². The van der Waals surface area contributed by atoms with Gasteiger partial charge in [0, 0.05) is 18.7 Å². The lowest BCUT2D eigenvalue weighted by molar-refractivity contribution is -0.120. The lowest BCUT2D eigenvalue weighted by Crippen LogP contribution is -2.21. The van der Waals surface area contributed by atoms with Crippen molar-refractivity contribution in [2.24, 2.45) is 0 Å². The summed E-state index contributed by atoms with van der Waals surface area (Å²) in [7, 11) is 0. The van der Waals surface area contributed by atoms with Gasteiger partial charge in [0.15, 0.2) is 5.82 Å². The smallest absolute Gasteiger partial charge is 0.219 e. The van der Waals surface area contributed by atoms with Gasteiger partial charge in [-0.25, -0.2) is 4.98 Å². The van der Waals surface area contributed by atoms with Gasteiger partial charge in [-0.1, -0.05) is 31.2 Å². The molecule has 2 aromatic heterocycles. The Bertz CT molecular complexity index is 1130. The number of aromatic nitrogens is 4. The quantitative estimate of drug-likeness (QED) is 0.570. The van der Waals surface area contributed by atoms with Crippen LogP contribution in [0.1, 0.15) is 24.7 Å². The minimum Gasteiger partial charge on any atom is -0.352 e. The topological polar surface area (TPSA) is 84.2 Å². The molecule has 0 aliphatic rings. The molecule has 0 bridgehead atoms. The van der Waals surface area contributed by atoms with Crippen molar-refractivity contribution in [3.63, 3.8) is 0 Å². The molecule has 2 aromatic carbocycles. The van der Waals surface area contributed by atoms with Gasteiger partial charge in [0.2, 0.25) is 11.6 Å². The van der Waals surface area contributed by atoms with Crippen LogP contribution in [0.15, 0.2) is 48.5 Å². The number of nitrogens with zero attached hydrogens (tertiary/aromatic N) is 4. The van der Waals surface area contributed by atoms with Crippen LogP contribution in [-0.2, 0) is 11.3 Å². The number of carbonyl (C=O) groups excluding carboxylic acids is 1. The largest absolute Gasteiger partial charge is 0.352 e. The van der Waals surface area contributed by atoms with Crippen molar-refractivity contribution in [1.29, 1.82) is 0 Å². The molecule has 0 spiro atoms. The molecule has 0 aliphatic heterocycles. The van der Waals surface area contributed by atoms with E-state index in [1.807, 2.05) is 66.8 Å². The van der Waals surface area contributed by atoms with Crippen molar-refractivity contribution in [2.75, 3.05) is 5.32 Å². The Labute approximate surface area is 156 Å². The van der Waals surface area contributed by atoms with Gasteiger partial charge >= 0.3 is 0 Å². The number of amides is 1. The van der Waals surface area contributed by atoms with E-state index < -0.39 is 0 Å². The van der Waals surface area contributed by atoms with E-state index in [-0.39, 0.29) is 5.91 Å². The second-order valence-corrected chi connectivity index (χ2v) is 6.31. The fourth-order valence-corrected chi connectivity index (χ4v) is 3.03. The van der Waals surface area contributed by atoms with E-state index in [0.717, 1.165) is 28.1 Å². The first-order chi connectivity index (χ1) is 13.2. The number of carbonyl (C=O) groups is 1. The summed E-state index contributed by atoms with van der Waals surface area (Å²) in [5, 5.41) is 14.7. The molecule has 7 nitrogen and oxygen atoms in total. The average molecular weight is 360 g/mol. The molecule has 0 saturated carbocycles. The average Bonchev–Trinajstić information content (AvgIpc) is 3.09. The fraction of sp³-hybridized carbons (Fsp3) is 0.200. The molecule has 4 aromatic rings. The van der Waals surface area contributed by atoms with Crippen LogP contribution in [0, 0.1) is 6.92 Å². The first kappa shape index (κ1) is 17.0. The van der Waals surface area contributed by atoms with Gasteiger partial charge in [0.05, 0.1) is 11.0 Å². The maximum atomic E-state index is 11.5. The lowest BCUT2D eigenvalue weighted by Gasteiger charge is -2.11. The molecule has 7 heteroatoms. The minimum absolute atomic E-state index is 0.0326. The molecule has 136 valence electrons. The number of hydrogen-bond acceptors (Lipinski definition) is 5. The van der Waals surface area contributed by atoms with Crippen molar-refractivity contribution < 1.29 is 4.79 Å². The van der Waals surface area contributed by atoms with Gasteiger partial charge in [0.25, 0.3) is 0 Å². The number of rotatable bonds is 5. The number of hydrogen-bond donors (Lipinski definition) is 2. The van der Waals surface area contributed by atoms with Gasteiger partial charge in [-0.2, -0.15) is 0 Å². The molecule has 2 N–H and O–H groups in total. The standard InChI is InChI=1S/C20H20N6O/c1-3-18(27)21-12-14-7-6-8-15(11-14)22-19-20-25-24-13(2)26(20)17-10-5-4-9-16(17)23-19/h4-11H,3,12H2,1-2H3,(H,21,27)(H,22,23). The van der Waals surface area contributed by atoms with Crippen LogP contribution in [-0.4, -0.2) is 25.5 Å². The summed E-state index contributed by atoms with van der Waals surface area (Å²) in [5.74, 6) is 1.48. The zero-order valence-electron chi connectivity index (χ0n) is 15.2. The normalized spacial score (nSPS) is 11.0. The van der Waals surface area contributed by atoms with Gasteiger partial charge < -0.3 is 10.6 Å². The third kappa shape index (κ3) is 3.31. The van der Waals surface area contributed by atoms with Gasteiger partial charge in [0.1, 0.15) is 5.82 Å². The second kappa shape index (κ2) is 7.03. The van der Waals surface area contributed by atoms with Crippen LogP contribution in [0.4, 0.5) is 11.5 Å². The summed E-state index contributed by atoms with van der Waals surface area (Å²) < 4.78 is 2.00. The predicted molar refractivity (Wildman–Crippen MR) is 105 cm³/mol. The number of nitrogens with one attached hydrogen (secondary N) is 2. The summed E-state index contributed by atoms with van der Waals surface area (Å²) in [6.45, 7) is 4.25. The number of aryl methyl sites for hydroxylation is 1. The van der Waals surface area contributed by atoms with Gasteiger partial charge in [-0.05, 0) is 36.8 Å². The van der Waals surface area contributed by atoms with E-state index in [4.69, 9.17) is 4.98 Å². The van der Waals surface area contributed by atoms with Crippen molar-refractivity contribution in [3.8, 4) is 0 Å². The highest BCUT2D eigenvalue weighted by molar-refractivity contribution is 5.84. The first-order valence-electron chi connectivity index (χ1n) is 8.89. The summed E-state index contributed by atoms with van der Waals surface area (Å²) in [5.41, 5.74) is 4.40. The first-order valence-corrected chi connectivity index (χ1v) is 8.89. The molecule has 0 aliphatic carbocycles. The van der Waals surface area contributed by atoms with Crippen molar-refractivity contribution in [1.82, 2.24) is 24.9 Å². The van der Waals surface area contributed by atoms with Crippen molar-refractivity contribution >= 4 is 34.1 Å². The summed E-state index contributed by atoms with van der Waals surface area (Å²) >= 11 is 0. The maximum Gasteiger partial charge on any atom is 0.219 e. The number of para-hydroxylation sites is 2. The second-order valence-electron chi connectivity index (χ2n) is 6.31. The highest BCUT2D eigenvalue weighted by atomic mass is 16.1. The van der Waals surface area contributed by atoms with Crippen molar-refractivity contribution in [3.05, 3.63) is 59.9 Å². The predicted octanol–water partition coefficient (Wildman–Crippen LogP) is 3.36. The molecule has 4 rings (SSSR count). The van der Waals surface area contributed by atoms with Crippen LogP contribution in [0.25, 0.3) is 16.7 Å². The highest BCUT2D eigenvalue weighted by Crippen LogP contribution is 2.24. The Morgan fingerprint density at radius 1 is 1.11 bits per heavy atom. The van der Waals surface area contributed by atoms with Gasteiger partial charge in [-0.3, -0.25) is 9.20 Å². The van der Waals surface area contributed by atoms with E-state index in [1.54, 1.807) is 0 Å². The van der Waals surface area contributed by atoms with Crippen molar-refractivity contribution in [2.45, 2.75) is 26.8 Å². The zero-order chi connectivity index (χ0) is 18.8. The SMILES string of the molecule is CCC(=O)NCc1cccc(Nc2nc3ccccc3n3c(C)nnc23)c1. The molecule has 0 radical (unpaired) electrons. The van der Waals surface area contributed by atoms with E-state index in [9.17, 15) is 4.79 Å². The Kier molecular flexibility index (Phi) is 4.42. The number of benzene rings is 2. The molecular weight excluding hydrogens is 340 g/mol. The summed E-state index contributed by atoms with van der Waals surface area (Å²) in [6.07, 6.45) is 0.475.